The van der Waals surface area contributed by atoms with Crippen LogP contribution in [0, 0.1) is 23.3 Å². The minimum absolute atomic E-state index is 0.0124. The molecule has 2 atom stereocenters. The number of amides is 4. The highest BCUT2D eigenvalue weighted by atomic mass is 32.2. The van der Waals surface area contributed by atoms with Gasteiger partial charge in [0.2, 0.25) is 23.6 Å². The van der Waals surface area contributed by atoms with E-state index in [1.54, 1.807) is 26.0 Å². The average Bonchev–Trinajstić information content (AvgIpc) is 2.93. The molecule has 18 nitrogen and oxygen atoms in total. The number of likely N-dealkylation sites (N-methyl/N-ethyl adjacent to an activating group) is 2. The van der Waals surface area contributed by atoms with Crippen molar-refractivity contribution < 1.29 is 54.0 Å². The molecule has 9 aromatic rings. The second kappa shape index (κ2) is 23.7. The highest BCUT2D eigenvalue weighted by Gasteiger charge is 2.43. The summed E-state index contributed by atoms with van der Waals surface area (Å²) in [5.74, 6) is -8.78. The van der Waals surface area contributed by atoms with E-state index in [1.807, 2.05) is 60.7 Å². The van der Waals surface area contributed by atoms with E-state index in [2.05, 4.69) is 10.6 Å². The number of anilines is 4. The number of benzene rings is 7. The van der Waals surface area contributed by atoms with Crippen LogP contribution in [0.2, 0.25) is 0 Å². The number of halogens is 4. The first-order valence-corrected chi connectivity index (χ1v) is 27.6. The molecule has 23 heteroatoms. The van der Waals surface area contributed by atoms with E-state index in [0.717, 1.165) is 35.4 Å². The number of carbonyl (C=O) groups is 4. The number of hydrogen-bond donors (Lipinski definition) is 2. The summed E-state index contributed by atoms with van der Waals surface area (Å²) in [5, 5.41) is 5.16. The molecule has 0 fully saturated rings. The smallest absolute Gasteiger partial charge is 0.408 e. The van der Waals surface area contributed by atoms with Crippen molar-refractivity contribution in [3.05, 3.63) is 224 Å². The van der Waals surface area contributed by atoms with E-state index in [0.29, 0.717) is 31.8 Å². The first kappa shape index (κ1) is 56.5. The van der Waals surface area contributed by atoms with Crippen molar-refractivity contribution in [3.63, 3.8) is 0 Å². The largest absolute Gasteiger partial charge is 0.420 e. The van der Waals surface area contributed by atoms with E-state index in [1.165, 1.54) is 67.5 Å². The van der Waals surface area contributed by atoms with Gasteiger partial charge in [0, 0.05) is 49.4 Å². The number of oxazole rings is 2. The van der Waals surface area contributed by atoms with Crippen LogP contribution in [0.4, 0.5) is 40.3 Å². The third-order valence-electron chi connectivity index (χ3n) is 14.0. The average molecular weight is 1150 g/mol. The molecular formula is C60H52F4N8O10S. The van der Waals surface area contributed by atoms with E-state index < -0.39 is 107 Å². The summed E-state index contributed by atoms with van der Waals surface area (Å²) >= 11 is 0. The molecule has 7 aromatic carbocycles. The van der Waals surface area contributed by atoms with Crippen molar-refractivity contribution in [2.45, 2.75) is 51.9 Å². The van der Waals surface area contributed by atoms with Gasteiger partial charge in [0.05, 0.1) is 35.5 Å². The number of aromatic nitrogens is 2. The van der Waals surface area contributed by atoms with Gasteiger partial charge in [0.25, 0.3) is 0 Å². The van der Waals surface area contributed by atoms with Gasteiger partial charge in [-0.05, 0) is 109 Å². The predicted octanol–water partition coefficient (Wildman–Crippen LogP) is 7.59. The van der Waals surface area contributed by atoms with E-state index in [9.17, 15) is 54.7 Å². The fraction of sp³-hybridized carbons (Fsp3) is 0.200. The molecule has 2 aromatic heterocycles. The van der Waals surface area contributed by atoms with Crippen LogP contribution in [-0.4, -0.2) is 79.4 Å². The molecule has 1 aliphatic heterocycles. The minimum atomic E-state index is -4.87. The van der Waals surface area contributed by atoms with Crippen molar-refractivity contribution in [2.24, 2.45) is 0 Å². The molecule has 83 heavy (non-hydrogen) atoms. The molecular weight excluding hydrogens is 1100 g/mol. The Morgan fingerprint density at radius 2 is 0.855 bits per heavy atom. The highest BCUT2D eigenvalue weighted by Crippen LogP contribution is 2.40. The molecule has 0 radical (unpaired) electrons. The zero-order valence-electron chi connectivity index (χ0n) is 44.5. The maximum Gasteiger partial charge on any atom is 0.420 e. The Bertz CT molecular complexity index is 3890. The van der Waals surface area contributed by atoms with Crippen molar-refractivity contribution in [2.75, 3.05) is 44.6 Å². The van der Waals surface area contributed by atoms with Crippen molar-refractivity contribution in [1.29, 1.82) is 0 Å². The zero-order valence-corrected chi connectivity index (χ0v) is 45.3. The monoisotopic (exact) mass is 1150 g/mol. The Kier molecular flexibility index (Phi) is 16.2. The fourth-order valence-electron chi connectivity index (χ4n) is 10.2. The quantitative estimate of drug-likeness (QED) is 0.0715. The van der Waals surface area contributed by atoms with Gasteiger partial charge in [-0.3, -0.25) is 28.3 Å². The molecule has 0 saturated carbocycles. The van der Waals surface area contributed by atoms with Crippen LogP contribution in [0.3, 0.4) is 0 Å². The summed E-state index contributed by atoms with van der Waals surface area (Å²) in [6.45, 7) is 1.57. The van der Waals surface area contributed by atoms with Crippen LogP contribution in [0.1, 0.15) is 36.1 Å². The molecule has 0 spiro atoms. The lowest BCUT2D eigenvalue weighted by molar-refractivity contribution is -0.126. The molecule has 4 amide bonds. The van der Waals surface area contributed by atoms with Crippen LogP contribution >= 0.6 is 0 Å². The van der Waals surface area contributed by atoms with Crippen molar-refractivity contribution in [1.82, 2.24) is 19.8 Å². The Labute approximate surface area is 471 Å². The van der Waals surface area contributed by atoms with Crippen LogP contribution in [0.25, 0.3) is 22.2 Å². The van der Waals surface area contributed by atoms with E-state index in [-0.39, 0.29) is 71.2 Å². The van der Waals surface area contributed by atoms with E-state index >= 15 is 0 Å². The van der Waals surface area contributed by atoms with Gasteiger partial charge in [-0.1, -0.05) is 72.8 Å². The van der Waals surface area contributed by atoms with Gasteiger partial charge in [-0.2, -0.15) is 8.42 Å². The molecule has 1 aliphatic rings. The lowest BCUT2D eigenvalue weighted by atomic mass is 10.0. The van der Waals surface area contributed by atoms with Gasteiger partial charge in [-0.25, -0.2) is 35.8 Å². The van der Waals surface area contributed by atoms with Gasteiger partial charge in [0.15, 0.2) is 11.2 Å². The first-order chi connectivity index (χ1) is 39.9. The topological polar surface area (TPSA) is 210 Å². The van der Waals surface area contributed by atoms with Gasteiger partial charge < -0.3 is 29.3 Å². The highest BCUT2D eigenvalue weighted by molar-refractivity contribution is 7.94. The molecule has 426 valence electrons. The SMILES string of the molecule is CCN(C(=O)C(Cc1cc(F)cc(F)c1)NC(=O)CN1c2ccccc2N(CC(=O)N[C@@H](Cc2cc(F)cc(F)c2)C(=O)N(CC)c2ccc3oc(=O)n(Cc4ccccc4)c3c2)S1(=O)=O)c1ccc2oc(=O)n(Cc3ccccc3)c2c1. The predicted molar refractivity (Wildman–Crippen MR) is 302 cm³/mol. The number of fused-ring (bicyclic) bond motifs is 3. The van der Waals surface area contributed by atoms with Gasteiger partial charge in [0.1, 0.15) is 48.4 Å². The summed E-state index contributed by atoms with van der Waals surface area (Å²) in [6, 6.07) is 35.1. The standard InChI is InChI=1S/C60H52F4N8O10S/c1-3-67(45-19-21-53-51(31-45)69(59(77)81-53)33-37-13-7-5-8-14-37)57(75)47(27-39-23-41(61)29-42(62)24-39)65-55(73)35-71-49-17-11-12-18-50(49)72(83(71,79)80)36-56(74)66-48(28-40-25-43(63)30-44(64)26-40)58(76)68(4-2)46-20-22-54-52(32-46)70(60(78)82-54)34-38-15-9-6-10-16-38/h5-26,29-32,47-48H,3-4,27-28,33-36H2,1-2H3,(H,65,73)(H,66,74)/t47-,48?/m0/s1. The summed E-state index contributed by atoms with van der Waals surface area (Å²) in [4.78, 5) is 86.8. The minimum Gasteiger partial charge on any atom is -0.408 e. The second-order valence-electron chi connectivity index (χ2n) is 19.6. The summed E-state index contributed by atoms with van der Waals surface area (Å²) in [7, 11) is -4.87. The third-order valence-corrected chi connectivity index (χ3v) is 15.8. The molecule has 3 heterocycles. The Hall–Kier alpha value is -9.77. The maximum atomic E-state index is 14.8. The number of nitrogens with one attached hydrogen (secondary N) is 2. The summed E-state index contributed by atoms with van der Waals surface area (Å²) < 4.78 is 103. The summed E-state index contributed by atoms with van der Waals surface area (Å²) in [5.41, 5.74) is 3.07. The van der Waals surface area contributed by atoms with Crippen molar-refractivity contribution in [3.8, 4) is 0 Å². The first-order valence-electron chi connectivity index (χ1n) is 26.2. The molecule has 2 N–H and O–H groups in total. The molecule has 1 unspecified atom stereocenters. The zero-order chi connectivity index (χ0) is 58.7. The lowest BCUT2D eigenvalue weighted by Crippen LogP contribution is -2.54. The van der Waals surface area contributed by atoms with Crippen LogP contribution in [0.5, 0.6) is 0 Å². The molecule has 0 aliphatic carbocycles. The van der Waals surface area contributed by atoms with Gasteiger partial charge in [-0.15, -0.1) is 0 Å². The Morgan fingerprint density at radius 3 is 1.22 bits per heavy atom. The fourth-order valence-corrected chi connectivity index (χ4v) is 11.8. The summed E-state index contributed by atoms with van der Waals surface area (Å²) in [6.07, 6.45) is -0.939. The Morgan fingerprint density at radius 1 is 0.494 bits per heavy atom. The second-order valence-corrected chi connectivity index (χ2v) is 21.3. The van der Waals surface area contributed by atoms with Crippen LogP contribution < -0.4 is 40.6 Å². The van der Waals surface area contributed by atoms with Crippen LogP contribution in [0.15, 0.2) is 176 Å². The maximum absolute atomic E-state index is 14.8. The molecule has 0 bridgehead atoms. The number of rotatable bonds is 20. The number of para-hydroxylation sites is 2. The van der Waals surface area contributed by atoms with Crippen LogP contribution in [-0.2, 0) is 55.3 Å². The number of carbonyl (C=O) groups excluding carboxylic acids is 4. The number of hydrogen-bond acceptors (Lipinski definition) is 10. The van der Waals surface area contributed by atoms with Gasteiger partial charge >= 0.3 is 21.7 Å². The third kappa shape index (κ3) is 12.2. The van der Waals surface area contributed by atoms with Crippen molar-refractivity contribution >= 4 is 78.8 Å². The Balaban J connectivity index is 0.904. The normalized spacial score (nSPS) is 13.4. The molecule has 0 saturated heterocycles. The van der Waals surface area contributed by atoms with E-state index in [4.69, 9.17) is 8.83 Å². The number of nitrogens with zero attached hydrogens (tertiary/aromatic N) is 6. The molecule has 10 rings (SSSR count). The lowest BCUT2D eigenvalue weighted by Gasteiger charge is -2.28.